The number of carbonyl (C=O) groups excluding carboxylic acids is 9. The first-order valence-corrected chi connectivity index (χ1v) is 26.1. The Balaban J connectivity index is 1.40. The first kappa shape index (κ1) is 63.8. The predicted molar refractivity (Wildman–Crippen MR) is 289 cm³/mol. The van der Waals surface area contributed by atoms with E-state index in [2.05, 4.69) is 67.1 Å². The van der Waals surface area contributed by atoms with Gasteiger partial charge in [0.1, 0.15) is 48.3 Å². The van der Waals surface area contributed by atoms with Crippen LogP contribution in [0.5, 0.6) is 0 Å². The molecular formula is C50H72N18O14. The Kier molecular flexibility index (Phi) is 23.3. The van der Waals surface area contributed by atoms with E-state index in [1.807, 2.05) is 6.07 Å². The number of guanidine groups is 1. The molecule has 5 rings (SSSR count). The number of hydrogen-bond acceptors (Lipinski definition) is 17. The van der Waals surface area contributed by atoms with E-state index in [0.29, 0.717) is 17.7 Å². The summed E-state index contributed by atoms with van der Waals surface area (Å²) in [5, 5.41) is 58.5. The number of fused-ring (bicyclic) bond motifs is 1. The molecule has 1 fully saturated rings. The van der Waals surface area contributed by atoms with Crippen molar-refractivity contribution in [2.75, 3.05) is 13.1 Å². The number of likely N-dealkylation sites (tertiary alicyclic amines) is 1. The standard InChI is InChI=1S/C50H72N18O14/c1-23(69)38(41(52)74)65-45(78)33(14-26-18-58-31-9-5-4-8-29(26)31)63-46(79)36-11-7-13-68(36)49(82)32(10-6-12-57-50(53)54)61-43(76)34(15-27-19-55-21-59-27)62-44(77)35(16-28-20-56-22-60-28)64-47(80)39(24(2)70)67-48(81)40(25(3)71)66-42(75)30(51)17-37(72)73/h4-5,8-9,18-25,30,32-36,38-40,58,69-71H,6-7,10-17,51H2,1-3H3,(H2,52,74)(H,55,59)(H,56,60)(H,61,76)(H,62,77)(H,63,79)(H,64,80)(H,65,78)(H,66,75)(H,67,81)(H,72,73)(H4,53,54,57)/t23-,24-,25-,30+,32+,33+,34+,35+,36+,38+,39+,40+/m1/s1. The second-order valence-electron chi connectivity index (χ2n) is 19.8. The van der Waals surface area contributed by atoms with E-state index in [0.717, 1.165) is 24.8 Å². The molecule has 12 atom stereocenters. The zero-order chi connectivity index (χ0) is 60.4. The van der Waals surface area contributed by atoms with E-state index in [-0.39, 0.29) is 63.3 Å². The number of nitrogens with one attached hydrogen (secondary N) is 10. The van der Waals surface area contributed by atoms with Crippen LogP contribution in [-0.2, 0) is 67.2 Å². The number of carbonyl (C=O) groups is 10. The van der Waals surface area contributed by atoms with E-state index in [9.17, 15) is 63.3 Å². The summed E-state index contributed by atoms with van der Waals surface area (Å²) in [6, 6.07) is -6.78. The molecule has 446 valence electrons. The molecule has 0 spiro atoms. The molecule has 0 aliphatic carbocycles. The zero-order valence-electron chi connectivity index (χ0n) is 45.2. The Morgan fingerprint density at radius 3 is 1.72 bits per heavy atom. The number of H-pyrrole nitrogens is 3. The van der Waals surface area contributed by atoms with Crippen LogP contribution in [0, 0.1) is 0 Å². The van der Waals surface area contributed by atoms with Crippen LogP contribution in [0.15, 0.2) is 60.5 Å². The minimum Gasteiger partial charge on any atom is -0.481 e. The third-order valence-electron chi connectivity index (χ3n) is 13.3. The molecule has 0 unspecified atom stereocenters. The van der Waals surface area contributed by atoms with Gasteiger partial charge in [0.15, 0.2) is 5.96 Å². The van der Waals surface area contributed by atoms with Crippen LogP contribution in [0.3, 0.4) is 0 Å². The molecule has 82 heavy (non-hydrogen) atoms. The van der Waals surface area contributed by atoms with Crippen molar-refractivity contribution in [2.24, 2.45) is 27.9 Å². The molecule has 22 N–H and O–H groups in total. The number of aliphatic hydroxyl groups is 3. The first-order valence-electron chi connectivity index (χ1n) is 26.1. The highest BCUT2D eigenvalue weighted by Gasteiger charge is 2.41. The van der Waals surface area contributed by atoms with Gasteiger partial charge in [-0.3, -0.25) is 52.9 Å². The number of aliphatic hydroxyl groups excluding tert-OH is 3. The van der Waals surface area contributed by atoms with Crippen LogP contribution < -0.4 is 60.2 Å². The summed E-state index contributed by atoms with van der Waals surface area (Å²) in [7, 11) is 0. The van der Waals surface area contributed by atoms with Crippen molar-refractivity contribution >= 4 is 76.0 Å². The Bertz CT molecular complexity index is 2890. The van der Waals surface area contributed by atoms with Gasteiger partial charge in [0, 0.05) is 73.2 Å². The van der Waals surface area contributed by atoms with Crippen molar-refractivity contribution in [2.45, 2.75) is 145 Å². The van der Waals surface area contributed by atoms with Crippen molar-refractivity contribution in [3.8, 4) is 0 Å². The molecule has 32 nitrogen and oxygen atoms in total. The lowest BCUT2D eigenvalue weighted by Crippen LogP contribution is -2.63. The number of aliphatic imine (C=N–C) groups is 1. The van der Waals surface area contributed by atoms with Crippen LogP contribution in [0.25, 0.3) is 10.9 Å². The Morgan fingerprint density at radius 2 is 1.18 bits per heavy atom. The maximum atomic E-state index is 14.8. The number of carboxylic acid groups (broad SMARTS) is 1. The third kappa shape index (κ3) is 18.3. The van der Waals surface area contributed by atoms with Crippen molar-refractivity contribution in [3.63, 3.8) is 0 Å². The summed E-state index contributed by atoms with van der Waals surface area (Å²) in [5.74, 6) is -10.5. The zero-order valence-corrected chi connectivity index (χ0v) is 45.2. The number of aliphatic carboxylic acids is 1. The molecule has 1 aliphatic rings. The van der Waals surface area contributed by atoms with Gasteiger partial charge >= 0.3 is 5.97 Å². The van der Waals surface area contributed by atoms with Gasteiger partial charge < -0.3 is 100 Å². The number of amides is 9. The molecule has 1 aliphatic heterocycles. The average Bonchev–Trinajstić information content (AvgIpc) is 4.38. The third-order valence-corrected chi connectivity index (χ3v) is 13.3. The molecule has 9 amide bonds. The fourth-order valence-electron chi connectivity index (χ4n) is 9.00. The Morgan fingerprint density at radius 1 is 0.671 bits per heavy atom. The molecule has 32 heteroatoms. The van der Waals surface area contributed by atoms with Crippen LogP contribution in [0.4, 0.5) is 0 Å². The first-order chi connectivity index (χ1) is 38.8. The highest BCUT2D eigenvalue weighted by atomic mass is 16.4. The number of nitrogens with zero attached hydrogens (tertiary/aromatic N) is 4. The summed E-state index contributed by atoms with van der Waals surface area (Å²) in [6.07, 6.45) is 1.10. The van der Waals surface area contributed by atoms with Gasteiger partial charge in [0.05, 0.1) is 43.4 Å². The van der Waals surface area contributed by atoms with Crippen molar-refractivity contribution in [1.29, 1.82) is 0 Å². The number of carboxylic acids is 1. The molecule has 1 aromatic carbocycles. The van der Waals surface area contributed by atoms with Crippen molar-refractivity contribution in [3.05, 3.63) is 72.5 Å². The number of benzene rings is 1. The molecular weight excluding hydrogens is 1080 g/mol. The number of para-hydroxylation sites is 1. The SMILES string of the molecule is C[C@@H](O)[C@H](NC(=O)[C@H](Cc1c[nH]c2ccccc12)NC(=O)[C@@H]1CCCN1C(=O)[C@H](CCCN=C(N)N)NC(=O)[C@H](Cc1cnc[nH]1)NC(=O)[C@H](Cc1cnc[nH]1)NC(=O)[C@@H](NC(=O)[C@@H](NC(=O)[C@@H](N)CC(=O)O)[C@@H](C)O)[C@@H](C)O)C(N)=O. The largest absolute Gasteiger partial charge is 0.481 e. The van der Waals surface area contributed by atoms with Gasteiger partial charge in [-0.05, 0) is 58.1 Å². The lowest BCUT2D eigenvalue weighted by atomic mass is 10.0. The number of aromatic nitrogens is 5. The predicted octanol–water partition coefficient (Wildman–Crippen LogP) is -6.49. The topological polar surface area (TPSA) is 529 Å². The fourth-order valence-corrected chi connectivity index (χ4v) is 9.00. The summed E-state index contributed by atoms with van der Waals surface area (Å²) >= 11 is 0. The second kappa shape index (κ2) is 30.0. The molecule has 3 aromatic heterocycles. The number of hydrogen-bond donors (Lipinski definition) is 18. The van der Waals surface area contributed by atoms with Gasteiger partial charge in [-0.1, -0.05) is 18.2 Å². The van der Waals surface area contributed by atoms with E-state index in [1.54, 1.807) is 24.4 Å². The average molecular weight is 1150 g/mol. The molecule has 0 radical (unpaired) electrons. The molecule has 4 aromatic rings. The monoisotopic (exact) mass is 1150 g/mol. The van der Waals surface area contributed by atoms with E-state index >= 15 is 0 Å². The summed E-state index contributed by atoms with van der Waals surface area (Å²) in [5.41, 5.74) is 24.2. The normalized spacial score (nSPS) is 17.2. The number of rotatable bonds is 31. The van der Waals surface area contributed by atoms with Crippen LogP contribution in [-0.4, -0.2) is 201 Å². The quantitative estimate of drug-likeness (QED) is 0.0127. The Hall–Kier alpha value is -9.01. The van der Waals surface area contributed by atoms with Crippen LogP contribution in [0.2, 0.25) is 0 Å². The minimum absolute atomic E-state index is 0.00174. The maximum Gasteiger partial charge on any atom is 0.305 e. The van der Waals surface area contributed by atoms with E-state index in [4.69, 9.17) is 28.0 Å². The Labute approximate surface area is 468 Å². The van der Waals surface area contributed by atoms with Crippen LogP contribution >= 0.6 is 0 Å². The molecule has 1 saturated heterocycles. The molecule has 4 heterocycles. The summed E-state index contributed by atoms with van der Waals surface area (Å²) < 4.78 is 0. The number of primary amides is 1. The fraction of sp³-hybridized carbons (Fsp3) is 0.500. The summed E-state index contributed by atoms with van der Waals surface area (Å²) in [4.78, 5) is 158. The van der Waals surface area contributed by atoms with E-state index in [1.165, 1.54) is 36.9 Å². The van der Waals surface area contributed by atoms with E-state index < -0.39 is 138 Å². The smallest absolute Gasteiger partial charge is 0.305 e. The lowest BCUT2D eigenvalue weighted by molar-refractivity contribution is -0.142. The van der Waals surface area contributed by atoms with Gasteiger partial charge in [0.2, 0.25) is 53.2 Å². The highest BCUT2D eigenvalue weighted by molar-refractivity contribution is 5.99. The summed E-state index contributed by atoms with van der Waals surface area (Å²) in [6.45, 7) is 3.51. The lowest BCUT2D eigenvalue weighted by Gasteiger charge is -2.31. The number of imidazole rings is 2. The van der Waals surface area contributed by atoms with Gasteiger partial charge in [-0.25, -0.2) is 9.97 Å². The van der Waals surface area contributed by atoms with Crippen molar-refractivity contribution < 1.29 is 68.4 Å². The maximum absolute atomic E-state index is 14.8. The molecule has 0 saturated carbocycles. The van der Waals surface area contributed by atoms with Crippen LogP contribution in [0.1, 0.15) is 69.8 Å². The molecule has 0 bridgehead atoms. The van der Waals surface area contributed by atoms with Crippen molar-refractivity contribution in [1.82, 2.24) is 67.0 Å². The highest BCUT2D eigenvalue weighted by Crippen LogP contribution is 2.23. The number of nitrogens with two attached hydrogens (primary N) is 4. The number of aromatic amines is 3. The minimum atomic E-state index is -1.87. The van der Waals surface area contributed by atoms with Gasteiger partial charge in [-0.15, -0.1) is 0 Å². The second-order valence-corrected chi connectivity index (χ2v) is 19.8. The van der Waals surface area contributed by atoms with Gasteiger partial charge in [0.25, 0.3) is 0 Å². The van der Waals surface area contributed by atoms with Gasteiger partial charge in [-0.2, -0.15) is 0 Å².